The molecule has 47 heavy (non-hydrogen) atoms. The highest BCUT2D eigenvalue weighted by Gasteiger charge is 2.08. The largest absolute Gasteiger partial charge is 0.141 e. The SMILES string of the molecule is CCCCCCc1ccc2cc3cc4cc(/C=C/c5cc6cc7cc8cc9cc(C)sc9cc8cc7cc6s5)ccc4cc3cc2c1. The lowest BCUT2D eigenvalue weighted by Gasteiger charge is -2.08. The maximum Gasteiger partial charge on any atom is 0.0355 e. The molecule has 0 saturated heterocycles. The molecule has 2 aromatic heterocycles. The molecule has 0 N–H and O–H groups in total. The zero-order valence-electron chi connectivity index (χ0n) is 26.9. The molecule has 0 radical (unpaired) electrons. The average Bonchev–Trinajstić information content (AvgIpc) is 3.64. The van der Waals surface area contributed by atoms with E-state index in [1.807, 2.05) is 22.7 Å². The van der Waals surface area contributed by atoms with E-state index in [1.54, 1.807) is 0 Å². The molecule has 9 aromatic rings. The molecule has 0 aliphatic carbocycles. The van der Waals surface area contributed by atoms with E-state index in [9.17, 15) is 0 Å². The molecular formula is C45H36S2. The van der Waals surface area contributed by atoms with Crippen LogP contribution in [0.2, 0.25) is 0 Å². The highest BCUT2D eigenvalue weighted by molar-refractivity contribution is 7.20. The summed E-state index contributed by atoms with van der Waals surface area (Å²) in [7, 11) is 0. The lowest BCUT2D eigenvalue weighted by molar-refractivity contribution is 0.667. The van der Waals surface area contributed by atoms with Gasteiger partial charge in [-0.05, 0) is 180 Å². The van der Waals surface area contributed by atoms with Gasteiger partial charge in [-0.3, -0.25) is 0 Å². The number of hydrogen-bond donors (Lipinski definition) is 0. The Morgan fingerprint density at radius 2 is 1.00 bits per heavy atom. The Labute approximate surface area is 283 Å². The van der Waals surface area contributed by atoms with E-state index in [1.165, 1.54) is 127 Å². The standard InChI is InChI=1S/C45H36S2/c1-3-4-5-6-7-29-8-11-31-17-36-20-34-16-30(9-12-32(34)18-35(36)19-33(31)15-29)10-13-43-25-42-24-38-21-37-23-41-14-28(2)46-44(41)26-39(37)22-40(38)27-45(42)47-43/h8-27H,3-7H2,1-2H3/b13-10+. The molecule has 9 rings (SSSR count). The van der Waals surface area contributed by atoms with Crippen LogP contribution in [0.15, 0.2) is 109 Å². The normalized spacial score (nSPS) is 12.4. The van der Waals surface area contributed by atoms with Crippen molar-refractivity contribution >= 4 is 109 Å². The quantitative estimate of drug-likeness (QED) is 0.120. The topological polar surface area (TPSA) is 0 Å². The summed E-state index contributed by atoms with van der Waals surface area (Å²) in [5.74, 6) is 0. The summed E-state index contributed by atoms with van der Waals surface area (Å²) in [5.41, 5.74) is 2.69. The molecule has 0 amide bonds. The van der Waals surface area contributed by atoms with Crippen LogP contribution >= 0.6 is 22.7 Å². The van der Waals surface area contributed by atoms with Crippen molar-refractivity contribution in [1.29, 1.82) is 0 Å². The molecule has 0 bridgehead atoms. The summed E-state index contributed by atoms with van der Waals surface area (Å²) in [6.45, 7) is 4.47. The van der Waals surface area contributed by atoms with Crippen LogP contribution < -0.4 is 0 Å². The second kappa shape index (κ2) is 11.6. The van der Waals surface area contributed by atoms with Gasteiger partial charge in [-0.25, -0.2) is 0 Å². The van der Waals surface area contributed by atoms with Gasteiger partial charge >= 0.3 is 0 Å². The molecule has 2 heteroatoms. The molecule has 0 saturated carbocycles. The van der Waals surface area contributed by atoms with Gasteiger partial charge in [-0.15, -0.1) is 22.7 Å². The third-order valence-electron chi connectivity index (χ3n) is 9.81. The van der Waals surface area contributed by atoms with Gasteiger partial charge in [0.1, 0.15) is 0 Å². The van der Waals surface area contributed by atoms with Crippen molar-refractivity contribution in [2.24, 2.45) is 0 Å². The number of rotatable bonds is 7. The monoisotopic (exact) mass is 640 g/mol. The van der Waals surface area contributed by atoms with Crippen LogP contribution in [0.1, 0.15) is 53.5 Å². The molecule has 228 valence electrons. The predicted molar refractivity (Wildman–Crippen MR) is 213 cm³/mol. The third-order valence-corrected chi connectivity index (χ3v) is 11.9. The first kappa shape index (κ1) is 28.7. The summed E-state index contributed by atoms with van der Waals surface area (Å²) in [6, 6.07) is 42.1. The van der Waals surface area contributed by atoms with Crippen molar-refractivity contribution in [3.63, 3.8) is 0 Å². The van der Waals surface area contributed by atoms with Crippen LogP contribution in [-0.2, 0) is 6.42 Å². The Bertz CT molecular complexity index is 2590. The number of hydrogen-bond acceptors (Lipinski definition) is 2. The number of unbranched alkanes of at least 4 members (excludes halogenated alkanes) is 3. The van der Waals surface area contributed by atoms with Gasteiger partial charge in [0.15, 0.2) is 0 Å². The van der Waals surface area contributed by atoms with Crippen LogP contribution in [0, 0.1) is 6.92 Å². The van der Waals surface area contributed by atoms with Crippen molar-refractivity contribution in [3.8, 4) is 0 Å². The number of thiophene rings is 2. The minimum atomic E-state index is 1.18. The van der Waals surface area contributed by atoms with Crippen LogP contribution in [0.4, 0.5) is 0 Å². The van der Waals surface area contributed by atoms with E-state index in [-0.39, 0.29) is 0 Å². The van der Waals surface area contributed by atoms with Crippen molar-refractivity contribution in [2.45, 2.75) is 46.0 Å². The van der Waals surface area contributed by atoms with Crippen LogP contribution in [0.5, 0.6) is 0 Å². The van der Waals surface area contributed by atoms with Gasteiger partial charge in [0.2, 0.25) is 0 Å². The number of fused-ring (bicyclic) bond motifs is 7. The number of benzene rings is 7. The molecule has 0 aliphatic rings. The van der Waals surface area contributed by atoms with Crippen molar-refractivity contribution < 1.29 is 0 Å². The third kappa shape index (κ3) is 5.50. The molecule has 0 aliphatic heterocycles. The maximum atomic E-state index is 2.40. The predicted octanol–water partition coefficient (Wildman–Crippen LogP) is 14.5. The molecule has 0 spiro atoms. The van der Waals surface area contributed by atoms with Crippen LogP contribution in [-0.4, -0.2) is 0 Å². The van der Waals surface area contributed by atoms with Gasteiger partial charge < -0.3 is 0 Å². The highest BCUT2D eigenvalue weighted by atomic mass is 32.1. The zero-order chi connectivity index (χ0) is 31.5. The minimum absolute atomic E-state index is 1.18. The minimum Gasteiger partial charge on any atom is -0.141 e. The van der Waals surface area contributed by atoms with Crippen molar-refractivity contribution in [2.75, 3.05) is 0 Å². The second-order valence-electron chi connectivity index (χ2n) is 13.3. The summed E-state index contributed by atoms with van der Waals surface area (Å²) < 4.78 is 2.71. The van der Waals surface area contributed by atoms with E-state index < -0.39 is 0 Å². The summed E-state index contributed by atoms with van der Waals surface area (Å²) in [4.78, 5) is 2.65. The lowest BCUT2D eigenvalue weighted by atomic mass is 9.96. The first-order valence-electron chi connectivity index (χ1n) is 16.9. The fraction of sp³-hybridized carbons (Fsp3) is 0.156. The second-order valence-corrected chi connectivity index (χ2v) is 15.7. The van der Waals surface area contributed by atoms with Crippen LogP contribution in [0.25, 0.3) is 86.2 Å². The summed E-state index contributed by atoms with van der Waals surface area (Å²) >= 11 is 3.75. The Hall–Kier alpha value is -4.50. The van der Waals surface area contributed by atoms with Gasteiger partial charge in [-0.1, -0.05) is 62.6 Å². The highest BCUT2D eigenvalue weighted by Crippen LogP contribution is 2.36. The smallest absolute Gasteiger partial charge is 0.0355 e. The summed E-state index contributed by atoms with van der Waals surface area (Å²) in [6.07, 6.45) is 10.9. The Morgan fingerprint density at radius 3 is 1.70 bits per heavy atom. The van der Waals surface area contributed by atoms with Crippen molar-refractivity contribution in [1.82, 2.24) is 0 Å². The molecule has 0 unspecified atom stereocenters. The fourth-order valence-electron chi connectivity index (χ4n) is 7.32. The van der Waals surface area contributed by atoms with E-state index in [4.69, 9.17) is 0 Å². The number of aryl methyl sites for hydroxylation is 2. The Balaban J connectivity index is 1.00. The van der Waals surface area contributed by atoms with Crippen LogP contribution in [0.3, 0.4) is 0 Å². The average molecular weight is 641 g/mol. The van der Waals surface area contributed by atoms with E-state index >= 15 is 0 Å². The molecule has 7 aromatic carbocycles. The fourth-order valence-corrected chi connectivity index (χ4v) is 9.27. The zero-order valence-corrected chi connectivity index (χ0v) is 28.5. The maximum absolute atomic E-state index is 2.40. The van der Waals surface area contributed by atoms with Gasteiger partial charge in [0.25, 0.3) is 0 Å². The first-order chi connectivity index (χ1) is 23.0. The lowest BCUT2D eigenvalue weighted by Crippen LogP contribution is -1.87. The Morgan fingerprint density at radius 1 is 0.447 bits per heavy atom. The summed E-state index contributed by atoms with van der Waals surface area (Å²) in [5, 5.41) is 15.8. The first-order valence-corrected chi connectivity index (χ1v) is 18.6. The molecule has 0 atom stereocenters. The van der Waals surface area contributed by atoms with E-state index in [0.717, 1.165) is 0 Å². The molecule has 2 heterocycles. The molecule has 0 nitrogen and oxygen atoms in total. The van der Waals surface area contributed by atoms with Gasteiger partial charge in [0, 0.05) is 19.2 Å². The molecular weight excluding hydrogens is 605 g/mol. The van der Waals surface area contributed by atoms with Crippen molar-refractivity contribution in [3.05, 3.63) is 130 Å². The van der Waals surface area contributed by atoms with E-state index in [2.05, 4.69) is 135 Å². The van der Waals surface area contributed by atoms with Gasteiger partial charge in [-0.2, -0.15) is 0 Å². The van der Waals surface area contributed by atoms with E-state index in [0.29, 0.717) is 0 Å². The van der Waals surface area contributed by atoms with Gasteiger partial charge in [0.05, 0.1) is 0 Å². The Kier molecular flexibility index (Phi) is 7.10. The molecule has 0 fully saturated rings.